The number of ether oxygens (including phenoxy) is 2. The molecular formula is C24H27N3O4. The zero-order valence-corrected chi connectivity index (χ0v) is 18.1. The van der Waals surface area contributed by atoms with Gasteiger partial charge in [-0.3, -0.25) is 9.48 Å². The Balaban J connectivity index is 1.56. The standard InChI is InChI=1S/C24H27N3O4/c1-26-21-8-4-7-19(21)20(25-26)16-27(15-18-6-5-13-31-18)24(28)12-10-17-9-11-22(29-2)23(14-17)30-3/h5-6,9-14H,4,7-8,15-16H2,1-3H3/b12-10+. The minimum atomic E-state index is -0.108. The summed E-state index contributed by atoms with van der Waals surface area (Å²) in [5.41, 5.74) is 4.38. The van der Waals surface area contributed by atoms with Gasteiger partial charge in [0.2, 0.25) is 5.91 Å². The molecule has 0 N–H and O–H groups in total. The van der Waals surface area contributed by atoms with Crippen molar-refractivity contribution in [2.75, 3.05) is 14.2 Å². The minimum absolute atomic E-state index is 0.108. The highest BCUT2D eigenvalue weighted by molar-refractivity contribution is 5.91. The van der Waals surface area contributed by atoms with Crippen LogP contribution in [0.3, 0.4) is 0 Å². The van der Waals surface area contributed by atoms with Crippen LogP contribution >= 0.6 is 0 Å². The van der Waals surface area contributed by atoms with Crippen molar-refractivity contribution >= 4 is 12.0 Å². The molecule has 0 saturated heterocycles. The van der Waals surface area contributed by atoms with Crippen LogP contribution in [0.1, 0.15) is 34.7 Å². The number of hydrogen-bond donors (Lipinski definition) is 0. The van der Waals surface area contributed by atoms with Crippen molar-refractivity contribution in [3.8, 4) is 11.5 Å². The van der Waals surface area contributed by atoms with Crippen LogP contribution in [0, 0.1) is 0 Å². The van der Waals surface area contributed by atoms with Gasteiger partial charge in [-0.05, 0) is 60.7 Å². The third-order valence-electron chi connectivity index (χ3n) is 5.60. The van der Waals surface area contributed by atoms with Crippen molar-refractivity contribution in [3.05, 3.63) is 70.9 Å². The Morgan fingerprint density at radius 2 is 2.03 bits per heavy atom. The van der Waals surface area contributed by atoms with E-state index >= 15 is 0 Å². The van der Waals surface area contributed by atoms with E-state index in [1.807, 2.05) is 42.1 Å². The van der Waals surface area contributed by atoms with Gasteiger partial charge >= 0.3 is 0 Å². The molecule has 0 atom stereocenters. The highest BCUT2D eigenvalue weighted by Crippen LogP contribution is 2.28. The van der Waals surface area contributed by atoms with E-state index in [1.165, 1.54) is 11.3 Å². The minimum Gasteiger partial charge on any atom is -0.493 e. The molecule has 3 aromatic rings. The molecule has 31 heavy (non-hydrogen) atoms. The molecule has 1 aromatic carbocycles. The van der Waals surface area contributed by atoms with Crippen LogP contribution in [0.5, 0.6) is 11.5 Å². The molecule has 7 nitrogen and oxygen atoms in total. The number of nitrogens with zero attached hydrogens (tertiary/aromatic N) is 3. The highest BCUT2D eigenvalue weighted by Gasteiger charge is 2.24. The molecule has 2 aromatic heterocycles. The van der Waals surface area contributed by atoms with Crippen LogP contribution in [0.25, 0.3) is 6.08 Å². The number of hydrogen-bond acceptors (Lipinski definition) is 5. The summed E-state index contributed by atoms with van der Waals surface area (Å²) in [5.74, 6) is 1.90. The molecule has 2 heterocycles. The zero-order chi connectivity index (χ0) is 21.8. The number of carbonyl (C=O) groups excluding carboxylic acids is 1. The first-order valence-electron chi connectivity index (χ1n) is 10.3. The predicted molar refractivity (Wildman–Crippen MR) is 117 cm³/mol. The summed E-state index contributed by atoms with van der Waals surface area (Å²) in [4.78, 5) is 14.9. The average molecular weight is 421 g/mol. The van der Waals surface area contributed by atoms with Crippen LogP contribution in [0.15, 0.2) is 47.1 Å². The van der Waals surface area contributed by atoms with Crippen molar-refractivity contribution < 1.29 is 18.7 Å². The summed E-state index contributed by atoms with van der Waals surface area (Å²) in [5, 5.41) is 4.68. The molecule has 0 aliphatic heterocycles. The maximum atomic E-state index is 13.1. The van der Waals surface area contributed by atoms with E-state index in [2.05, 4.69) is 5.10 Å². The first kappa shape index (κ1) is 20.8. The van der Waals surface area contributed by atoms with Crippen LogP contribution in [-0.4, -0.2) is 34.8 Å². The molecule has 1 aliphatic carbocycles. The summed E-state index contributed by atoms with van der Waals surface area (Å²) in [6.07, 6.45) is 8.18. The quantitative estimate of drug-likeness (QED) is 0.518. The molecule has 162 valence electrons. The molecule has 4 rings (SSSR count). The summed E-state index contributed by atoms with van der Waals surface area (Å²) in [6.45, 7) is 0.826. The maximum Gasteiger partial charge on any atom is 0.247 e. The summed E-state index contributed by atoms with van der Waals surface area (Å²) in [6, 6.07) is 9.25. The van der Waals surface area contributed by atoms with Gasteiger partial charge < -0.3 is 18.8 Å². The Morgan fingerprint density at radius 3 is 2.77 bits per heavy atom. The van der Waals surface area contributed by atoms with Crippen LogP contribution < -0.4 is 9.47 Å². The Morgan fingerprint density at radius 1 is 1.19 bits per heavy atom. The fraction of sp³-hybridized carbons (Fsp3) is 0.333. The molecule has 0 bridgehead atoms. The normalized spacial score (nSPS) is 12.9. The lowest BCUT2D eigenvalue weighted by Gasteiger charge is -2.19. The van der Waals surface area contributed by atoms with E-state index in [0.717, 1.165) is 36.3 Å². The second-order valence-electron chi connectivity index (χ2n) is 7.57. The van der Waals surface area contributed by atoms with Crippen molar-refractivity contribution in [3.63, 3.8) is 0 Å². The summed E-state index contributed by atoms with van der Waals surface area (Å²) < 4.78 is 18.1. The van der Waals surface area contributed by atoms with E-state index < -0.39 is 0 Å². The largest absolute Gasteiger partial charge is 0.493 e. The van der Waals surface area contributed by atoms with Gasteiger partial charge in [0, 0.05) is 18.8 Å². The number of aromatic nitrogens is 2. The van der Waals surface area contributed by atoms with E-state index in [1.54, 1.807) is 37.5 Å². The van der Waals surface area contributed by atoms with Gasteiger partial charge in [0.25, 0.3) is 0 Å². The van der Waals surface area contributed by atoms with E-state index in [-0.39, 0.29) is 5.91 Å². The van der Waals surface area contributed by atoms with Gasteiger partial charge in [0.05, 0.1) is 39.3 Å². The SMILES string of the molecule is COc1ccc(/C=C/C(=O)N(Cc2ccco2)Cc2nn(C)c3c2CCC3)cc1OC. The fourth-order valence-corrected chi connectivity index (χ4v) is 4.04. The van der Waals surface area contributed by atoms with Crippen LogP contribution in [0.2, 0.25) is 0 Å². The van der Waals surface area contributed by atoms with Gasteiger partial charge in [-0.2, -0.15) is 5.10 Å². The molecule has 0 radical (unpaired) electrons. The number of methoxy groups -OCH3 is 2. The molecular weight excluding hydrogens is 394 g/mol. The Labute approximate surface area is 181 Å². The number of benzene rings is 1. The maximum absolute atomic E-state index is 13.1. The molecule has 0 spiro atoms. The fourth-order valence-electron chi connectivity index (χ4n) is 4.04. The number of amides is 1. The van der Waals surface area contributed by atoms with E-state index in [9.17, 15) is 4.79 Å². The molecule has 0 unspecified atom stereocenters. The van der Waals surface area contributed by atoms with Gasteiger partial charge in [0.15, 0.2) is 11.5 Å². The lowest BCUT2D eigenvalue weighted by atomic mass is 10.1. The van der Waals surface area contributed by atoms with E-state index in [4.69, 9.17) is 13.9 Å². The van der Waals surface area contributed by atoms with Crippen LogP contribution in [0.4, 0.5) is 0 Å². The van der Waals surface area contributed by atoms with Crippen molar-refractivity contribution in [2.24, 2.45) is 7.05 Å². The first-order chi connectivity index (χ1) is 15.1. The number of aryl methyl sites for hydroxylation is 1. The lowest BCUT2D eigenvalue weighted by molar-refractivity contribution is -0.127. The second kappa shape index (κ2) is 9.12. The topological polar surface area (TPSA) is 69.7 Å². The Kier molecular flexibility index (Phi) is 6.11. The number of fused-ring (bicyclic) bond motifs is 1. The van der Waals surface area contributed by atoms with Crippen molar-refractivity contribution in [1.29, 1.82) is 0 Å². The van der Waals surface area contributed by atoms with Crippen molar-refractivity contribution in [1.82, 2.24) is 14.7 Å². The third kappa shape index (κ3) is 4.50. The monoisotopic (exact) mass is 421 g/mol. The molecule has 0 saturated carbocycles. The third-order valence-corrected chi connectivity index (χ3v) is 5.60. The number of furan rings is 1. The summed E-state index contributed by atoms with van der Waals surface area (Å²) >= 11 is 0. The first-order valence-corrected chi connectivity index (χ1v) is 10.3. The molecule has 1 aliphatic rings. The summed E-state index contributed by atoms with van der Waals surface area (Å²) in [7, 11) is 5.16. The molecule has 7 heteroatoms. The Bertz CT molecular complexity index is 1080. The average Bonchev–Trinajstić information content (AvgIpc) is 3.52. The van der Waals surface area contributed by atoms with Crippen molar-refractivity contribution in [2.45, 2.75) is 32.4 Å². The van der Waals surface area contributed by atoms with Gasteiger partial charge in [-0.25, -0.2) is 0 Å². The lowest BCUT2D eigenvalue weighted by Crippen LogP contribution is -2.29. The zero-order valence-electron chi connectivity index (χ0n) is 18.1. The highest BCUT2D eigenvalue weighted by atomic mass is 16.5. The predicted octanol–water partition coefficient (Wildman–Crippen LogP) is 3.76. The molecule has 0 fully saturated rings. The Hall–Kier alpha value is -3.48. The number of rotatable bonds is 8. The van der Waals surface area contributed by atoms with Crippen LogP contribution in [-0.2, 0) is 37.8 Å². The van der Waals surface area contributed by atoms with E-state index in [0.29, 0.717) is 24.6 Å². The van der Waals surface area contributed by atoms with Gasteiger partial charge in [-0.1, -0.05) is 6.07 Å². The smallest absolute Gasteiger partial charge is 0.247 e. The molecule has 1 amide bonds. The number of carbonyl (C=O) groups is 1. The van der Waals surface area contributed by atoms with Gasteiger partial charge in [-0.15, -0.1) is 0 Å². The second-order valence-corrected chi connectivity index (χ2v) is 7.57. The van der Waals surface area contributed by atoms with Gasteiger partial charge in [0.1, 0.15) is 5.76 Å².